The van der Waals surface area contributed by atoms with Crippen LogP contribution in [0.5, 0.6) is 0 Å². The Morgan fingerprint density at radius 2 is 2.06 bits per heavy atom. The molecule has 92 valence electrons. The zero-order valence-electron chi connectivity index (χ0n) is 9.05. The number of aromatic nitrogens is 2. The van der Waals surface area contributed by atoms with E-state index in [2.05, 4.69) is 4.98 Å². The lowest BCUT2D eigenvalue weighted by molar-refractivity contribution is -0.140. The molecule has 1 aromatic carbocycles. The Labute approximate surface area is 101 Å². The van der Waals surface area contributed by atoms with Gasteiger partial charge in [0.15, 0.2) is 0 Å². The highest BCUT2D eigenvalue weighted by Gasteiger charge is 2.30. The highest BCUT2D eigenvalue weighted by Crippen LogP contribution is 2.25. The fourth-order valence-electron chi connectivity index (χ4n) is 1.79. The van der Waals surface area contributed by atoms with Gasteiger partial charge >= 0.3 is 6.18 Å². The zero-order valence-corrected chi connectivity index (χ0v) is 9.81. The second-order valence-corrected chi connectivity index (χ2v) is 4.07. The van der Waals surface area contributed by atoms with Crippen LogP contribution in [0.4, 0.5) is 13.2 Å². The molecular weight excluding hydrogens is 253 g/mol. The molecule has 0 aliphatic heterocycles. The van der Waals surface area contributed by atoms with E-state index in [9.17, 15) is 13.2 Å². The lowest BCUT2D eigenvalue weighted by Crippen LogP contribution is -2.19. The SMILES string of the molecule is Cc1cccc2c1nc(CCl)n2CC(F)(F)F. The van der Waals surface area contributed by atoms with Gasteiger partial charge in [0.05, 0.1) is 16.9 Å². The normalized spacial score (nSPS) is 12.3. The highest BCUT2D eigenvalue weighted by molar-refractivity contribution is 6.16. The molecule has 0 radical (unpaired) electrons. The van der Waals surface area contributed by atoms with Crippen LogP contribution in [0.3, 0.4) is 0 Å². The van der Waals surface area contributed by atoms with Crippen LogP contribution >= 0.6 is 11.6 Å². The third kappa shape index (κ3) is 2.39. The van der Waals surface area contributed by atoms with Gasteiger partial charge in [-0.3, -0.25) is 0 Å². The maximum absolute atomic E-state index is 12.5. The molecule has 0 aliphatic carbocycles. The molecule has 6 heteroatoms. The van der Waals surface area contributed by atoms with Crippen LogP contribution in [0.2, 0.25) is 0 Å². The number of hydrogen-bond donors (Lipinski definition) is 0. The van der Waals surface area contributed by atoms with E-state index in [4.69, 9.17) is 11.6 Å². The summed E-state index contributed by atoms with van der Waals surface area (Å²) in [5.74, 6) is 0.206. The van der Waals surface area contributed by atoms with Gasteiger partial charge < -0.3 is 4.57 Å². The summed E-state index contributed by atoms with van der Waals surface area (Å²) >= 11 is 5.63. The van der Waals surface area contributed by atoms with Crippen LogP contribution in [-0.4, -0.2) is 15.7 Å². The molecule has 0 spiro atoms. The summed E-state index contributed by atoms with van der Waals surface area (Å²) in [5.41, 5.74) is 1.89. The van der Waals surface area contributed by atoms with E-state index < -0.39 is 12.7 Å². The molecule has 0 N–H and O–H groups in total. The first-order valence-electron chi connectivity index (χ1n) is 5.00. The minimum absolute atomic E-state index is 0.0375. The molecule has 1 heterocycles. The van der Waals surface area contributed by atoms with E-state index >= 15 is 0 Å². The number of para-hydroxylation sites is 1. The minimum atomic E-state index is -4.28. The molecule has 17 heavy (non-hydrogen) atoms. The molecule has 0 atom stereocenters. The first kappa shape index (κ1) is 12.2. The molecule has 0 amide bonds. The smallest absolute Gasteiger partial charge is 0.318 e. The molecule has 0 unspecified atom stereocenters. The summed E-state index contributed by atoms with van der Waals surface area (Å²) in [6, 6.07) is 5.15. The van der Waals surface area contributed by atoms with E-state index in [0.29, 0.717) is 11.0 Å². The Kier molecular flexibility index (Phi) is 3.03. The predicted octanol–water partition coefficient (Wildman–Crippen LogP) is 3.65. The maximum Gasteiger partial charge on any atom is 0.406 e. The van der Waals surface area contributed by atoms with E-state index in [0.717, 1.165) is 10.1 Å². The number of imidazole rings is 1. The van der Waals surface area contributed by atoms with Gasteiger partial charge in [-0.05, 0) is 18.6 Å². The molecular formula is C11H10ClF3N2. The number of fused-ring (bicyclic) bond motifs is 1. The summed E-state index contributed by atoms with van der Waals surface area (Å²) in [4.78, 5) is 4.15. The topological polar surface area (TPSA) is 17.8 Å². The maximum atomic E-state index is 12.5. The Bertz CT molecular complexity index is 545. The fourth-order valence-corrected chi connectivity index (χ4v) is 2.00. The van der Waals surface area contributed by atoms with Crippen LogP contribution in [0.15, 0.2) is 18.2 Å². The van der Waals surface area contributed by atoms with Crippen molar-refractivity contribution in [3.05, 3.63) is 29.6 Å². The molecule has 1 aromatic heterocycles. The van der Waals surface area contributed by atoms with Crippen LogP contribution < -0.4 is 0 Å². The second-order valence-electron chi connectivity index (χ2n) is 3.81. The third-order valence-electron chi connectivity index (χ3n) is 2.52. The standard InChI is InChI=1S/C11H10ClF3N2/c1-7-3-2-4-8-10(7)16-9(5-12)17(8)6-11(13,14)15/h2-4H,5-6H2,1H3. The number of hydrogen-bond acceptors (Lipinski definition) is 1. The van der Waals surface area contributed by atoms with Crippen LogP contribution in [0, 0.1) is 6.92 Å². The number of halogens is 4. The van der Waals surface area contributed by atoms with Gasteiger partial charge in [-0.25, -0.2) is 4.98 Å². The Hall–Kier alpha value is -1.23. The van der Waals surface area contributed by atoms with Gasteiger partial charge in [0, 0.05) is 0 Å². The third-order valence-corrected chi connectivity index (χ3v) is 2.76. The van der Waals surface area contributed by atoms with Gasteiger partial charge in [-0.1, -0.05) is 12.1 Å². The van der Waals surface area contributed by atoms with E-state index in [1.807, 2.05) is 13.0 Å². The van der Waals surface area contributed by atoms with Gasteiger partial charge in [-0.15, -0.1) is 11.6 Å². The monoisotopic (exact) mass is 262 g/mol. The number of aryl methyl sites for hydroxylation is 1. The van der Waals surface area contributed by atoms with Crippen molar-refractivity contribution in [2.75, 3.05) is 0 Å². The molecule has 0 saturated carbocycles. The van der Waals surface area contributed by atoms with Gasteiger partial charge in [-0.2, -0.15) is 13.2 Å². The van der Waals surface area contributed by atoms with Gasteiger partial charge in [0.1, 0.15) is 12.4 Å². The molecule has 0 aliphatic rings. The van der Waals surface area contributed by atoms with Crippen molar-refractivity contribution in [3.63, 3.8) is 0 Å². The Balaban J connectivity index is 2.63. The van der Waals surface area contributed by atoms with Gasteiger partial charge in [0.2, 0.25) is 0 Å². The summed E-state index contributed by atoms with van der Waals surface area (Å²) in [5, 5.41) is 0. The second kappa shape index (κ2) is 4.22. The quantitative estimate of drug-likeness (QED) is 0.756. The Morgan fingerprint density at radius 1 is 1.35 bits per heavy atom. The summed E-state index contributed by atoms with van der Waals surface area (Å²) in [6.07, 6.45) is -4.28. The van der Waals surface area contributed by atoms with E-state index in [1.165, 1.54) is 0 Å². The fraction of sp³-hybridized carbons (Fsp3) is 0.364. The van der Waals surface area contributed by atoms with Crippen molar-refractivity contribution in [1.82, 2.24) is 9.55 Å². The summed E-state index contributed by atoms with van der Waals surface area (Å²) < 4.78 is 38.5. The first-order valence-corrected chi connectivity index (χ1v) is 5.53. The minimum Gasteiger partial charge on any atom is -0.318 e. The van der Waals surface area contributed by atoms with Gasteiger partial charge in [0.25, 0.3) is 0 Å². The van der Waals surface area contributed by atoms with E-state index in [-0.39, 0.29) is 11.7 Å². The van der Waals surface area contributed by atoms with Crippen molar-refractivity contribution in [2.45, 2.75) is 25.5 Å². The predicted molar refractivity (Wildman–Crippen MR) is 60.1 cm³/mol. The van der Waals surface area contributed by atoms with Crippen molar-refractivity contribution < 1.29 is 13.2 Å². The average molecular weight is 263 g/mol. The zero-order chi connectivity index (χ0) is 12.6. The number of rotatable bonds is 2. The molecule has 2 aromatic rings. The summed E-state index contributed by atoms with van der Waals surface area (Å²) in [6.45, 7) is 0.750. The number of alkyl halides is 4. The van der Waals surface area contributed by atoms with Crippen LogP contribution in [-0.2, 0) is 12.4 Å². The molecule has 2 rings (SSSR count). The molecule has 0 bridgehead atoms. The van der Waals surface area contributed by atoms with Crippen molar-refractivity contribution in [3.8, 4) is 0 Å². The number of benzene rings is 1. The molecule has 0 saturated heterocycles. The lowest BCUT2D eigenvalue weighted by Gasteiger charge is -2.10. The Morgan fingerprint density at radius 3 is 2.65 bits per heavy atom. The highest BCUT2D eigenvalue weighted by atomic mass is 35.5. The average Bonchev–Trinajstić information content (AvgIpc) is 2.56. The van der Waals surface area contributed by atoms with Crippen molar-refractivity contribution in [2.24, 2.45) is 0 Å². The first-order chi connectivity index (χ1) is 7.92. The van der Waals surface area contributed by atoms with E-state index in [1.54, 1.807) is 12.1 Å². The largest absolute Gasteiger partial charge is 0.406 e. The lowest BCUT2D eigenvalue weighted by atomic mass is 10.2. The molecule has 2 nitrogen and oxygen atoms in total. The summed E-state index contributed by atoms with van der Waals surface area (Å²) in [7, 11) is 0. The number of nitrogens with zero attached hydrogens (tertiary/aromatic N) is 2. The van der Waals surface area contributed by atoms with Crippen LogP contribution in [0.25, 0.3) is 11.0 Å². The molecule has 0 fully saturated rings. The van der Waals surface area contributed by atoms with Crippen LogP contribution in [0.1, 0.15) is 11.4 Å². The van der Waals surface area contributed by atoms with Crippen molar-refractivity contribution in [1.29, 1.82) is 0 Å². The van der Waals surface area contributed by atoms with Crippen molar-refractivity contribution >= 4 is 22.6 Å².